The van der Waals surface area contributed by atoms with Crippen molar-refractivity contribution in [1.29, 1.82) is 0 Å². The molecule has 0 radical (unpaired) electrons. The topological polar surface area (TPSA) is 73.4 Å². The van der Waals surface area contributed by atoms with E-state index in [-0.39, 0.29) is 5.91 Å². The van der Waals surface area contributed by atoms with Crippen LogP contribution in [0.1, 0.15) is 27.8 Å². The lowest BCUT2D eigenvalue weighted by Crippen LogP contribution is -2.38. The number of rotatable bonds is 1. The van der Waals surface area contributed by atoms with Gasteiger partial charge < -0.3 is 9.15 Å². The maximum absolute atomic E-state index is 12.7. The number of aryl methyl sites for hydroxylation is 4. The van der Waals surface area contributed by atoms with Crippen LogP contribution in [0.2, 0.25) is 0 Å². The van der Waals surface area contributed by atoms with E-state index in [1.807, 2.05) is 6.92 Å². The number of oxazole rings is 1. The van der Waals surface area contributed by atoms with Gasteiger partial charge in [-0.3, -0.25) is 9.69 Å². The molecule has 7 heteroatoms. The van der Waals surface area contributed by atoms with Crippen molar-refractivity contribution in [2.75, 3.05) is 18.1 Å². The number of carbonyl (C=O) groups is 1. The van der Waals surface area contributed by atoms with E-state index in [2.05, 4.69) is 10.1 Å². The van der Waals surface area contributed by atoms with Crippen molar-refractivity contribution in [3.8, 4) is 5.88 Å². The monoisotopic (exact) mass is 276 g/mol. The molecular formula is C13H16N4O3. The normalized spacial score (nSPS) is 14.1. The van der Waals surface area contributed by atoms with Crippen LogP contribution in [0.5, 0.6) is 5.88 Å². The Morgan fingerprint density at radius 1 is 1.30 bits per heavy atom. The van der Waals surface area contributed by atoms with Crippen molar-refractivity contribution >= 4 is 11.6 Å². The second-order valence-corrected chi connectivity index (χ2v) is 4.81. The number of ether oxygens (including phenoxy) is 1. The minimum atomic E-state index is -0.181. The van der Waals surface area contributed by atoms with Gasteiger partial charge >= 0.3 is 0 Å². The third kappa shape index (κ3) is 1.77. The van der Waals surface area contributed by atoms with Gasteiger partial charge in [-0.15, -0.1) is 0 Å². The molecule has 1 aliphatic heterocycles. The number of hydrogen-bond donors (Lipinski definition) is 0. The molecule has 2 aromatic heterocycles. The number of aromatic nitrogens is 3. The van der Waals surface area contributed by atoms with Crippen LogP contribution in [-0.2, 0) is 7.05 Å². The number of hydrogen-bond acceptors (Lipinski definition) is 5. The van der Waals surface area contributed by atoms with E-state index >= 15 is 0 Å². The predicted octanol–water partition coefficient (Wildman–Crippen LogP) is 1.37. The largest absolute Gasteiger partial charge is 0.474 e. The Bertz CT molecular complexity index is 686. The van der Waals surface area contributed by atoms with Crippen LogP contribution in [0.25, 0.3) is 0 Å². The highest BCUT2D eigenvalue weighted by atomic mass is 16.5. The fraction of sp³-hybridized carbons (Fsp3) is 0.462. The SMILES string of the molecule is Cc1nc(C(=O)N2CCOc3c2c(C)nn3C)c(C)o1. The molecule has 0 atom stereocenters. The molecule has 0 saturated heterocycles. The van der Waals surface area contributed by atoms with Crippen molar-refractivity contribution in [2.24, 2.45) is 7.05 Å². The lowest BCUT2D eigenvalue weighted by atomic mass is 10.2. The van der Waals surface area contributed by atoms with E-state index in [1.165, 1.54) is 0 Å². The summed E-state index contributed by atoms with van der Waals surface area (Å²) in [7, 11) is 1.80. The average molecular weight is 276 g/mol. The molecule has 0 unspecified atom stereocenters. The lowest BCUT2D eigenvalue weighted by Gasteiger charge is -2.27. The smallest absolute Gasteiger partial charge is 0.280 e. The van der Waals surface area contributed by atoms with E-state index < -0.39 is 0 Å². The zero-order valence-corrected chi connectivity index (χ0v) is 11.9. The molecule has 1 amide bonds. The molecule has 0 aromatic carbocycles. The third-order valence-corrected chi connectivity index (χ3v) is 3.31. The lowest BCUT2D eigenvalue weighted by molar-refractivity contribution is 0.0969. The zero-order valence-electron chi connectivity index (χ0n) is 11.9. The van der Waals surface area contributed by atoms with Crippen LogP contribution < -0.4 is 9.64 Å². The van der Waals surface area contributed by atoms with Gasteiger partial charge in [-0.2, -0.15) is 5.10 Å². The van der Waals surface area contributed by atoms with Gasteiger partial charge in [0.25, 0.3) is 5.91 Å². The minimum absolute atomic E-state index is 0.181. The van der Waals surface area contributed by atoms with E-state index in [4.69, 9.17) is 9.15 Å². The van der Waals surface area contributed by atoms with Gasteiger partial charge in [-0.1, -0.05) is 0 Å². The van der Waals surface area contributed by atoms with Crippen molar-refractivity contribution in [1.82, 2.24) is 14.8 Å². The molecule has 0 aliphatic carbocycles. The van der Waals surface area contributed by atoms with Crippen molar-refractivity contribution in [3.63, 3.8) is 0 Å². The fourth-order valence-corrected chi connectivity index (χ4v) is 2.50. The Labute approximate surface area is 116 Å². The number of fused-ring (bicyclic) bond motifs is 1. The van der Waals surface area contributed by atoms with Gasteiger partial charge in [0.05, 0.1) is 12.2 Å². The average Bonchev–Trinajstić information content (AvgIpc) is 2.89. The first-order chi connectivity index (χ1) is 9.49. The molecule has 2 aromatic rings. The van der Waals surface area contributed by atoms with Crippen molar-refractivity contribution < 1.29 is 13.9 Å². The Morgan fingerprint density at radius 2 is 2.05 bits per heavy atom. The summed E-state index contributed by atoms with van der Waals surface area (Å²) in [6.45, 7) is 6.24. The minimum Gasteiger partial charge on any atom is -0.474 e. The molecule has 106 valence electrons. The third-order valence-electron chi connectivity index (χ3n) is 3.31. The summed E-state index contributed by atoms with van der Waals surface area (Å²) in [6.07, 6.45) is 0. The summed E-state index contributed by atoms with van der Waals surface area (Å²) in [6, 6.07) is 0. The quantitative estimate of drug-likeness (QED) is 0.786. The van der Waals surface area contributed by atoms with Gasteiger partial charge in [0.1, 0.15) is 18.1 Å². The van der Waals surface area contributed by atoms with Gasteiger partial charge in [0.2, 0.25) is 5.88 Å². The number of amides is 1. The number of anilines is 1. The summed E-state index contributed by atoms with van der Waals surface area (Å²) < 4.78 is 12.6. The Balaban J connectivity index is 2.05. The Morgan fingerprint density at radius 3 is 2.70 bits per heavy atom. The summed E-state index contributed by atoms with van der Waals surface area (Å²) in [4.78, 5) is 18.5. The highest BCUT2D eigenvalue weighted by Crippen LogP contribution is 2.35. The van der Waals surface area contributed by atoms with Crippen LogP contribution >= 0.6 is 0 Å². The van der Waals surface area contributed by atoms with Crippen LogP contribution in [0, 0.1) is 20.8 Å². The first-order valence-corrected chi connectivity index (χ1v) is 6.41. The second-order valence-electron chi connectivity index (χ2n) is 4.81. The summed E-state index contributed by atoms with van der Waals surface area (Å²) >= 11 is 0. The Hall–Kier alpha value is -2.31. The summed E-state index contributed by atoms with van der Waals surface area (Å²) in [5.74, 6) is 1.45. The molecular weight excluding hydrogens is 260 g/mol. The standard InChI is InChI=1S/C13H16N4O3/c1-7-11-13(16(4)15-7)19-6-5-17(11)12(18)10-8(2)20-9(3)14-10/h5-6H2,1-4H3. The summed E-state index contributed by atoms with van der Waals surface area (Å²) in [5.41, 5.74) is 1.82. The van der Waals surface area contributed by atoms with Crippen molar-refractivity contribution in [3.05, 3.63) is 23.0 Å². The zero-order chi connectivity index (χ0) is 14.4. The van der Waals surface area contributed by atoms with E-state index in [0.29, 0.717) is 42.1 Å². The molecule has 1 aliphatic rings. The first-order valence-electron chi connectivity index (χ1n) is 6.41. The molecule has 0 spiro atoms. The van der Waals surface area contributed by atoms with Crippen LogP contribution in [0.3, 0.4) is 0 Å². The number of carbonyl (C=O) groups excluding carboxylic acids is 1. The molecule has 20 heavy (non-hydrogen) atoms. The molecule has 0 fully saturated rings. The molecule has 3 rings (SSSR count). The molecule has 7 nitrogen and oxygen atoms in total. The Kier molecular flexibility index (Phi) is 2.77. The second kappa shape index (κ2) is 4.36. The first kappa shape index (κ1) is 12.7. The van der Waals surface area contributed by atoms with Crippen LogP contribution in [-0.4, -0.2) is 33.8 Å². The molecule has 0 saturated carbocycles. The highest BCUT2D eigenvalue weighted by Gasteiger charge is 2.32. The molecule has 0 bridgehead atoms. The summed E-state index contributed by atoms with van der Waals surface area (Å²) in [5, 5.41) is 4.30. The maximum Gasteiger partial charge on any atom is 0.280 e. The number of nitrogens with zero attached hydrogens (tertiary/aromatic N) is 4. The van der Waals surface area contributed by atoms with Gasteiger partial charge in [0.15, 0.2) is 11.6 Å². The van der Waals surface area contributed by atoms with Crippen molar-refractivity contribution in [2.45, 2.75) is 20.8 Å². The van der Waals surface area contributed by atoms with Crippen LogP contribution in [0.4, 0.5) is 5.69 Å². The van der Waals surface area contributed by atoms with Gasteiger partial charge in [0, 0.05) is 14.0 Å². The molecule has 0 N–H and O–H groups in total. The molecule has 3 heterocycles. The van der Waals surface area contributed by atoms with Crippen LogP contribution in [0.15, 0.2) is 4.42 Å². The van der Waals surface area contributed by atoms with Gasteiger partial charge in [-0.05, 0) is 13.8 Å². The van der Waals surface area contributed by atoms with E-state index in [1.54, 1.807) is 30.5 Å². The van der Waals surface area contributed by atoms with Gasteiger partial charge in [-0.25, -0.2) is 9.67 Å². The maximum atomic E-state index is 12.7. The fourth-order valence-electron chi connectivity index (χ4n) is 2.50. The van der Waals surface area contributed by atoms with E-state index in [9.17, 15) is 4.79 Å². The predicted molar refractivity (Wildman–Crippen MR) is 71.1 cm³/mol. The highest BCUT2D eigenvalue weighted by molar-refractivity contribution is 6.06. The van der Waals surface area contributed by atoms with E-state index in [0.717, 1.165) is 5.69 Å².